The number of carbonyl (C=O) groups excluding carboxylic acids is 1. The molecule has 3 aromatic rings. The molecule has 0 aliphatic heterocycles. The van der Waals surface area contributed by atoms with Crippen molar-refractivity contribution in [3.8, 4) is 11.4 Å². The minimum absolute atomic E-state index is 0.137. The number of anilines is 1. The van der Waals surface area contributed by atoms with E-state index < -0.39 is 11.2 Å². The van der Waals surface area contributed by atoms with Crippen LogP contribution < -0.4 is 5.32 Å². The van der Waals surface area contributed by atoms with Gasteiger partial charge in [-0.2, -0.15) is 4.39 Å². The number of nitrogens with zero attached hydrogens (tertiary/aromatic N) is 4. The number of pyridine rings is 1. The minimum atomic E-state index is -0.592. The second kappa shape index (κ2) is 9.67. The highest BCUT2D eigenvalue weighted by Crippen LogP contribution is 2.28. The molecule has 156 valence electrons. The largest absolute Gasteiger partial charge is 0.325 e. The first-order chi connectivity index (χ1) is 14.4. The Morgan fingerprint density at radius 1 is 1.23 bits per heavy atom. The third-order valence-corrected chi connectivity index (χ3v) is 5.59. The topological polar surface area (TPSA) is 72.7 Å². The van der Waals surface area contributed by atoms with Gasteiger partial charge in [0.25, 0.3) is 0 Å². The number of thioether (sulfide) groups is 1. The third kappa shape index (κ3) is 5.13. The summed E-state index contributed by atoms with van der Waals surface area (Å²) in [6.45, 7) is 10.3. The molecule has 0 saturated heterocycles. The van der Waals surface area contributed by atoms with Crippen molar-refractivity contribution in [1.29, 1.82) is 0 Å². The average Bonchev–Trinajstić information content (AvgIpc) is 3.11. The highest BCUT2D eigenvalue weighted by molar-refractivity contribution is 8.00. The molecule has 3 rings (SSSR count). The van der Waals surface area contributed by atoms with Gasteiger partial charge in [0.05, 0.1) is 5.25 Å². The fourth-order valence-electron chi connectivity index (χ4n) is 2.83. The van der Waals surface area contributed by atoms with Gasteiger partial charge in [0.1, 0.15) is 0 Å². The fourth-order valence-corrected chi connectivity index (χ4v) is 3.69. The number of benzene rings is 1. The van der Waals surface area contributed by atoms with Gasteiger partial charge < -0.3 is 5.32 Å². The van der Waals surface area contributed by atoms with Crippen molar-refractivity contribution in [1.82, 2.24) is 19.7 Å². The van der Waals surface area contributed by atoms with E-state index in [0.717, 1.165) is 5.69 Å². The standard InChI is InChI=1S/C22H24FN5OS/c1-5-12-28-20(17-10-11-24-19(23)13-17)26-27-22(28)30-15(4)21(29)25-18-8-6-16(7-9-18)14(2)3/h5-11,13-15H,1,12H2,2-4H3,(H,25,29). The first kappa shape index (κ1) is 21.7. The summed E-state index contributed by atoms with van der Waals surface area (Å²) >= 11 is 1.29. The van der Waals surface area contributed by atoms with Crippen LogP contribution in [0.25, 0.3) is 11.4 Å². The molecular formula is C22H24FN5OS. The maximum Gasteiger partial charge on any atom is 0.237 e. The predicted molar refractivity (Wildman–Crippen MR) is 118 cm³/mol. The highest BCUT2D eigenvalue weighted by Gasteiger charge is 2.21. The van der Waals surface area contributed by atoms with Crippen LogP contribution in [0.5, 0.6) is 0 Å². The van der Waals surface area contributed by atoms with E-state index in [1.165, 1.54) is 29.6 Å². The fraction of sp³-hybridized carbons (Fsp3) is 0.273. The van der Waals surface area contributed by atoms with Crippen LogP contribution in [-0.4, -0.2) is 30.9 Å². The zero-order valence-corrected chi connectivity index (χ0v) is 18.0. The van der Waals surface area contributed by atoms with Gasteiger partial charge in [-0.1, -0.05) is 43.8 Å². The normalized spacial score (nSPS) is 12.0. The summed E-state index contributed by atoms with van der Waals surface area (Å²) in [5.41, 5.74) is 2.52. The van der Waals surface area contributed by atoms with Gasteiger partial charge in [-0.25, -0.2) is 4.98 Å². The molecule has 30 heavy (non-hydrogen) atoms. The van der Waals surface area contributed by atoms with Crippen LogP contribution in [0.1, 0.15) is 32.3 Å². The molecule has 1 N–H and O–H groups in total. The summed E-state index contributed by atoms with van der Waals surface area (Å²) in [7, 11) is 0. The number of nitrogens with one attached hydrogen (secondary N) is 1. The average molecular weight is 426 g/mol. The molecule has 1 amide bonds. The summed E-state index contributed by atoms with van der Waals surface area (Å²) in [6.07, 6.45) is 3.08. The molecule has 1 unspecified atom stereocenters. The Balaban J connectivity index is 1.74. The van der Waals surface area contributed by atoms with E-state index in [9.17, 15) is 9.18 Å². The quantitative estimate of drug-likeness (QED) is 0.315. The smallest absolute Gasteiger partial charge is 0.237 e. The van der Waals surface area contributed by atoms with Crippen LogP contribution in [0.2, 0.25) is 0 Å². The summed E-state index contributed by atoms with van der Waals surface area (Å²) in [6, 6.07) is 10.8. The Morgan fingerprint density at radius 3 is 2.60 bits per heavy atom. The van der Waals surface area contributed by atoms with Crippen LogP contribution in [-0.2, 0) is 11.3 Å². The van der Waals surface area contributed by atoms with Crippen LogP contribution in [0.4, 0.5) is 10.1 Å². The zero-order valence-electron chi connectivity index (χ0n) is 17.2. The van der Waals surface area contributed by atoms with Crippen molar-refractivity contribution in [2.24, 2.45) is 0 Å². The van der Waals surface area contributed by atoms with Crippen LogP contribution >= 0.6 is 11.8 Å². The number of hydrogen-bond acceptors (Lipinski definition) is 5. The van der Waals surface area contributed by atoms with Crippen molar-refractivity contribution in [2.45, 2.75) is 43.6 Å². The van der Waals surface area contributed by atoms with E-state index in [0.29, 0.717) is 29.0 Å². The summed E-state index contributed by atoms with van der Waals surface area (Å²) in [5.74, 6) is 0.201. The van der Waals surface area contributed by atoms with E-state index in [2.05, 4.69) is 40.9 Å². The predicted octanol–water partition coefficient (Wildman–Crippen LogP) is 4.91. The Labute approximate surface area is 179 Å². The van der Waals surface area contributed by atoms with E-state index in [1.807, 2.05) is 24.3 Å². The molecule has 0 spiro atoms. The molecule has 2 heterocycles. The first-order valence-corrected chi connectivity index (χ1v) is 10.5. The van der Waals surface area contributed by atoms with Crippen molar-refractivity contribution in [2.75, 3.05) is 5.32 Å². The van der Waals surface area contributed by atoms with Crippen LogP contribution in [0.15, 0.2) is 60.4 Å². The van der Waals surface area contributed by atoms with Gasteiger partial charge in [-0.15, -0.1) is 16.8 Å². The molecule has 8 heteroatoms. The molecule has 1 atom stereocenters. The molecule has 0 saturated carbocycles. The van der Waals surface area contributed by atoms with Crippen molar-refractivity contribution >= 4 is 23.4 Å². The Morgan fingerprint density at radius 2 is 1.97 bits per heavy atom. The number of rotatable bonds is 8. The molecule has 0 aliphatic rings. The lowest BCUT2D eigenvalue weighted by atomic mass is 10.0. The minimum Gasteiger partial charge on any atom is -0.325 e. The molecular weight excluding hydrogens is 401 g/mol. The second-order valence-corrected chi connectivity index (χ2v) is 8.41. The number of aromatic nitrogens is 4. The Hall–Kier alpha value is -3.00. The number of allylic oxidation sites excluding steroid dienone is 1. The van der Waals surface area contributed by atoms with Crippen molar-refractivity contribution in [3.63, 3.8) is 0 Å². The molecule has 2 aromatic heterocycles. The SMILES string of the molecule is C=CCn1c(SC(C)C(=O)Nc2ccc(C(C)C)cc2)nnc1-c1ccnc(F)c1. The lowest BCUT2D eigenvalue weighted by molar-refractivity contribution is -0.115. The van der Waals surface area contributed by atoms with Crippen LogP contribution in [0, 0.1) is 5.95 Å². The lowest BCUT2D eigenvalue weighted by Crippen LogP contribution is -2.23. The molecule has 6 nitrogen and oxygen atoms in total. The summed E-state index contributed by atoms with van der Waals surface area (Å²) < 4.78 is 15.3. The Bertz CT molecular complexity index is 1030. The van der Waals surface area contributed by atoms with E-state index >= 15 is 0 Å². The molecule has 0 radical (unpaired) electrons. The van der Waals surface area contributed by atoms with E-state index in [1.54, 1.807) is 23.6 Å². The maximum atomic E-state index is 13.5. The molecule has 0 bridgehead atoms. The summed E-state index contributed by atoms with van der Waals surface area (Å²) in [4.78, 5) is 16.2. The molecule has 1 aromatic carbocycles. The molecule has 0 fully saturated rings. The monoisotopic (exact) mass is 425 g/mol. The molecule has 0 aliphatic carbocycles. The lowest BCUT2D eigenvalue weighted by Gasteiger charge is -2.13. The van der Waals surface area contributed by atoms with Gasteiger partial charge >= 0.3 is 0 Å². The van der Waals surface area contributed by atoms with E-state index in [-0.39, 0.29) is 5.91 Å². The Kier molecular flexibility index (Phi) is 6.99. The highest BCUT2D eigenvalue weighted by atomic mass is 32.2. The van der Waals surface area contributed by atoms with E-state index in [4.69, 9.17) is 0 Å². The van der Waals surface area contributed by atoms with Gasteiger partial charge in [0, 0.05) is 30.1 Å². The van der Waals surface area contributed by atoms with Crippen molar-refractivity contribution in [3.05, 3.63) is 66.8 Å². The number of hydrogen-bond donors (Lipinski definition) is 1. The van der Waals surface area contributed by atoms with Gasteiger partial charge in [0.2, 0.25) is 11.9 Å². The first-order valence-electron chi connectivity index (χ1n) is 9.62. The third-order valence-electron chi connectivity index (χ3n) is 4.51. The van der Waals surface area contributed by atoms with Gasteiger partial charge in [0.15, 0.2) is 11.0 Å². The maximum absolute atomic E-state index is 13.5. The van der Waals surface area contributed by atoms with Crippen LogP contribution in [0.3, 0.4) is 0 Å². The summed E-state index contributed by atoms with van der Waals surface area (Å²) in [5, 5.41) is 11.5. The van der Waals surface area contributed by atoms with Gasteiger partial charge in [-0.05, 0) is 36.6 Å². The second-order valence-electron chi connectivity index (χ2n) is 7.10. The van der Waals surface area contributed by atoms with Crippen molar-refractivity contribution < 1.29 is 9.18 Å². The van der Waals surface area contributed by atoms with Gasteiger partial charge in [-0.3, -0.25) is 9.36 Å². The number of amides is 1. The number of halogens is 1. The zero-order chi connectivity index (χ0) is 21.7. The number of carbonyl (C=O) groups is 1.